The Hall–Kier alpha value is -0.780. The highest BCUT2D eigenvalue weighted by Crippen LogP contribution is 1.88. The van der Waals surface area contributed by atoms with Gasteiger partial charge in [0.15, 0.2) is 0 Å². The zero-order valence-corrected chi connectivity index (χ0v) is 4.96. The van der Waals surface area contributed by atoms with E-state index in [1.54, 1.807) is 6.08 Å². The van der Waals surface area contributed by atoms with Gasteiger partial charge in [0.1, 0.15) is 6.29 Å². The van der Waals surface area contributed by atoms with Gasteiger partial charge < -0.3 is 16.8 Å². The molecule has 0 bridgehead atoms. The maximum atomic E-state index is 5.43. The smallest absolute Gasteiger partial charge is 0.132 e. The van der Waals surface area contributed by atoms with E-state index in [1.165, 1.54) is 0 Å². The van der Waals surface area contributed by atoms with Gasteiger partial charge in [-0.1, -0.05) is 0 Å². The van der Waals surface area contributed by atoms with Crippen LogP contribution in [-0.4, -0.2) is 12.5 Å². The molecule has 5 heteroatoms. The first kappa shape index (κ1) is 6.34. The molecule has 1 heterocycles. The fourth-order valence-corrected chi connectivity index (χ4v) is 0.718. The van der Waals surface area contributed by atoms with Gasteiger partial charge in [-0.05, 0) is 6.08 Å². The van der Waals surface area contributed by atoms with Crippen molar-refractivity contribution in [3.8, 4) is 0 Å². The monoisotopic (exact) mass is 129 g/mol. The van der Waals surface area contributed by atoms with Crippen molar-refractivity contribution in [3.63, 3.8) is 0 Å². The number of rotatable bonds is 0. The van der Waals surface area contributed by atoms with E-state index < -0.39 is 0 Å². The fourth-order valence-electron chi connectivity index (χ4n) is 0.718. The molecule has 2 unspecified atom stereocenters. The highest BCUT2D eigenvalue weighted by molar-refractivity contribution is 5.04. The van der Waals surface area contributed by atoms with Crippen molar-refractivity contribution < 1.29 is 0 Å². The summed E-state index contributed by atoms with van der Waals surface area (Å²) in [6.45, 7) is 0. The molecule has 0 fully saturated rings. The predicted molar refractivity (Wildman–Crippen MR) is 34.5 cm³/mol. The molecule has 1 aliphatic heterocycles. The lowest BCUT2D eigenvalue weighted by Crippen LogP contribution is -2.59. The minimum absolute atomic E-state index is 0.235. The van der Waals surface area contributed by atoms with Gasteiger partial charge in [0.2, 0.25) is 0 Å². The van der Waals surface area contributed by atoms with Crippen LogP contribution < -0.4 is 27.8 Å². The molecule has 8 N–H and O–H groups in total. The van der Waals surface area contributed by atoms with E-state index in [-0.39, 0.29) is 12.5 Å². The minimum atomic E-state index is -0.329. The Balaban J connectivity index is 2.56. The van der Waals surface area contributed by atoms with Crippen LogP contribution >= 0.6 is 0 Å². The van der Waals surface area contributed by atoms with Crippen LogP contribution in [0.4, 0.5) is 0 Å². The summed E-state index contributed by atoms with van der Waals surface area (Å²) in [6.07, 6.45) is 1.09. The van der Waals surface area contributed by atoms with Crippen LogP contribution in [0.2, 0.25) is 0 Å². The van der Waals surface area contributed by atoms with Crippen molar-refractivity contribution in [1.29, 1.82) is 0 Å². The Morgan fingerprint density at radius 1 is 1.44 bits per heavy atom. The third kappa shape index (κ3) is 1.56. The minimum Gasteiger partial charge on any atom is -0.386 e. The standard InChI is InChI=1S/C4H11N5/c5-2-1-3(6)9-4(7)8-2/h1-2,4,8-9H,5-7H2. The maximum absolute atomic E-state index is 5.43. The molecule has 0 aromatic heterocycles. The lowest BCUT2D eigenvalue weighted by molar-refractivity contribution is 0.411. The van der Waals surface area contributed by atoms with Gasteiger partial charge in [0.05, 0.1) is 12.0 Å². The van der Waals surface area contributed by atoms with Crippen molar-refractivity contribution in [2.45, 2.75) is 12.5 Å². The molecule has 0 aromatic carbocycles. The highest BCUT2D eigenvalue weighted by atomic mass is 15.3. The molecule has 52 valence electrons. The maximum Gasteiger partial charge on any atom is 0.132 e. The van der Waals surface area contributed by atoms with Gasteiger partial charge in [-0.2, -0.15) is 0 Å². The Bertz CT molecular complexity index is 131. The second kappa shape index (κ2) is 2.22. The first-order chi connectivity index (χ1) is 4.18. The van der Waals surface area contributed by atoms with E-state index >= 15 is 0 Å². The first-order valence-electron chi connectivity index (χ1n) is 2.69. The Kier molecular flexibility index (Phi) is 1.56. The summed E-state index contributed by atoms with van der Waals surface area (Å²) in [4.78, 5) is 0. The molecule has 0 radical (unpaired) electrons. The third-order valence-electron chi connectivity index (χ3n) is 1.05. The van der Waals surface area contributed by atoms with E-state index in [1.807, 2.05) is 0 Å². The molecule has 0 aliphatic carbocycles. The molecule has 1 aliphatic rings. The van der Waals surface area contributed by atoms with Gasteiger partial charge in [-0.3, -0.25) is 11.1 Å². The molecule has 2 atom stereocenters. The zero-order chi connectivity index (χ0) is 6.85. The highest BCUT2D eigenvalue weighted by Gasteiger charge is 2.10. The summed E-state index contributed by atoms with van der Waals surface area (Å²) in [7, 11) is 0. The Labute approximate surface area is 53.3 Å². The van der Waals surface area contributed by atoms with Crippen LogP contribution in [-0.2, 0) is 0 Å². The van der Waals surface area contributed by atoms with Gasteiger partial charge in [0.25, 0.3) is 0 Å². The van der Waals surface area contributed by atoms with Gasteiger partial charge in [-0.15, -0.1) is 0 Å². The van der Waals surface area contributed by atoms with E-state index in [0.29, 0.717) is 5.82 Å². The average Bonchev–Trinajstić information content (AvgIpc) is 1.59. The van der Waals surface area contributed by atoms with Crippen molar-refractivity contribution in [1.82, 2.24) is 10.6 Å². The topological polar surface area (TPSA) is 102 Å². The third-order valence-corrected chi connectivity index (χ3v) is 1.05. The summed E-state index contributed by atoms with van der Waals surface area (Å²) in [6, 6.07) is 0. The number of hydrogen-bond acceptors (Lipinski definition) is 5. The van der Waals surface area contributed by atoms with Crippen molar-refractivity contribution in [2.24, 2.45) is 17.2 Å². The summed E-state index contributed by atoms with van der Waals surface area (Å²) in [5.41, 5.74) is 16.2. The molecule has 5 nitrogen and oxygen atoms in total. The zero-order valence-electron chi connectivity index (χ0n) is 4.96. The van der Waals surface area contributed by atoms with Crippen molar-refractivity contribution in [2.75, 3.05) is 0 Å². The van der Waals surface area contributed by atoms with Crippen molar-refractivity contribution >= 4 is 0 Å². The summed E-state index contributed by atoms with van der Waals surface area (Å²) < 4.78 is 0. The van der Waals surface area contributed by atoms with Crippen LogP contribution in [0, 0.1) is 0 Å². The number of nitrogens with two attached hydrogens (primary N) is 3. The van der Waals surface area contributed by atoms with E-state index in [0.717, 1.165) is 0 Å². The second-order valence-corrected chi connectivity index (χ2v) is 1.94. The lowest BCUT2D eigenvalue weighted by atomic mass is 10.4. The molecule has 9 heavy (non-hydrogen) atoms. The van der Waals surface area contributed by atoms with E-state index in [9.17, 15) is 0 Å². The molecule has 0 saturated heterocycles. The SMILES string of the molecule is NC1=CC(N)NC(N)N1. The van der Waals surface area contributed by atoms with Gasteiger partial charge in [0, 0.05) is 0 Å². The quantitative estimate of drug-likeness (QED) is 0.249. The number of hydrogen-bond donors (Lipinski definition) is 5. The van der Waals surface area contributed by atoms with Gasteiger partial charge >= 0.3 is 0 Å². The van der Waals surface area contributed by atoms with E-state index in [2.05, 4.69) is 10.6 Å². The molecule has 0 amide bonds. The summed E-state index contributed by atoms with van der Waals surface area (Å²) >= 11 is 0. The normalized spacial score (nSPS) is 35.1. The molecule has 0 saturated carbocycles. The molecule has 0 spiro atoms. The first-order valence-corrected chi connectivity index (χ1v) is 2.69. The van der Waals surface area contributed by atoms with E-state index in [4.69, 9.17) is 17.2 Å². The van der Waals surface area contributed by atoms with Gasteiger partial charge in [-0.25, -0.2) is 0 Å². The van der Waals surface area contributed by atoms with Crippen LogP contribution in [0.3, 0.4) is 0 Å². The lowest BCUT2D eigenvalue weighted by Gasteiger charge is -2.25. The fraction of sp³-hybridized carbons (Fsp3) is 0.500. The number of nitrogens with one attached hydrogen (secondary N) is 2. The van der Waals surface area contributed by atoms with Crippen molar-refractivity contribution in [3.05, 3.63) is 11.9 Å². The molecular weight excluding hydrogens is 118 g/mol. The predicted octanol–water partition coefficient (Wildman–Crippen LogP) is -2.49. The Morgan fingerprint density at radius 2 is 2.11 bits per heavy atom. The Morgan fingerprint density at radius 3 is 2.56 bits per heavy atom. The summed E-state index contributed by atoms with van der Waals surface area (Å²) in [5.74, 6) is 0.522. The molecular formula is C4H11N5. The van der Waals surface area contributed by atoms with Crippen LogP contribution in [0.15, 0.2) is 11.9 Å². The average molecular weight is 129 g/mol. The van der Waals surface area contributed by atoms with Crippen LogP contribution in [0.1, 0.15) is 0 Å². The van der Waals surface area contributed by atoms with Crippen LogP contribution in [0.5, 0.6) is 0 Å². The largest absolute Gasteiger partial charge is 0.386 e. The molecule has 1 rings (SSSR count). The summed E-state index contributed by atoms with van der Waals surface area (Å²) in [5, 5.41) is 5.53. The van der Waals surface area contributed by atoms with Crippen LogP contribution in [0.25, 0.3) is 0 Å². The molecule has 0 aromatic rings. The second-order valence-electron chi connectivity index (χ2n) is 1.94.